The lowest BCUT2D eigenvalue weighted by Gasteiger charge is -2.31. The number of anilines is 1. The third-order valence-electron chi connectivity index (χ3n) is 5.56. The fourth-order valence-electron chi connectivity index (χ4n) is 3.64. The molecule has 8 nitrogen and oxygen atoms in total. The van der Waals surface area contributed by atoms with Gasteiger partial charge in [-0.15, -0.1) is 11.3 Å². The molecule has 0 bridgehead atoms. The second-order valence-corrected chi connectivity index (χ2v) is 9.68. The van der Waals surface area contributed by atoms with Crippen molar-refractivity contribution < 1.29 is 14.3 Å². The van der Waals surface area contributed by atoms with E-state index in [9.17, 15) is 4.79 Å². The highest BCUT2D eigenvalue weighted by atomic mass is 35.5. The summed E-state index contributed by atoms with van der Waals surface area (Å²) in [6.45, 7) is 6.65. The summed E-state index contributed by atoms with van der Waals surface area (Å²) in [5.41, 5.74) is 2.88. The topological polar surface area (TPSA) is 81.5 Å². The molecular formula is C23H28ClN5O3S. The quantitative estimate of drug-likeness (QED) is 0.518. The SMILES string of the molecule is Cc1nc(NC(=O)CN2CCO[C@H](c3cc(CCOc4ccc(Cl)cc4)n(C)n3)C2)sc1C. The van der Waals surface area contributed by atoms with Crippen molar-refractivity contribution in [2.24, 2.45) is 7.05 Å². The number of carbonyl (C=O) groups is 1. The van der Waals surface area contributed by atoms with Gasteiger partial charge in [-0.05, 0) is 44.2 Å². The third-order valence-corrected chi connectivity index (χ3v) is 6.80. The van der Waals surface area contributed by atoms with Crippen molar-refractivity contribution in [3.05, 3.63) is 57.3 Å². The van der Waals surface area contributed by atoms with Gasteiger partial charge in [0, 0.05) is 42.2 Å². The average Bonchev–Trinajstić information content (AvgIpc) is 3.30. The van der Waals surface area contributed by atoms with E-state index < -0.39 is 0 Å². The summed E-state index contributed by atoms with van der Waals surface area (Å²) in [6, 6.07) is 9.39. The van der Waals surface area contributed by atoms with Gasteiger partial charge < -0.3 is 14.8 Å². The van der Waals surface area contributed by atoms with Crippen LogP contribution in [0.2, 0.25) is 5.02 Å². The number of aromatic nitrogens is 3. The molecule has 1 N–H and O–H groups in total. The van der Waals surface area contributed by atoms with Gasteiger partial charge in [-0.25, -0.2) is 4.98 Å². The first-order valence-electron chi connectivity index (χ1n) is 10.9. The van der Waals surface area contributed by atoms with Crippen molar-refractivity contribution in [1.29, 1.82) is 0 Å². The van der Waals surface area contributed by atoms with E-state index in [1.807, 2.05) is 49.8 Å². The molecule has 0 radical (unpaired) electrons. The number of ether oxygens (including phenoxy) is 2. The number of benzene rings is 1. The van der Waals surface area contributed by atoms with Crippen LogP contribution in [0.4, 0.5) is 5.13 Å². The second-order valence-electron chi connectivity index (χ2n) is 8.04. The van der Waals surface area contributed by atoms with E-state index in [0.717, 1.165) is 34.1 Å². The van der Waals surface area contributed by atoms with Crippen molar-refractivity contribution >= 4 is 34.0 Å². The van der Waals surface area contributed by atoms with Crippen LogP contribution in [0.3, 0.4) is 0 Å². The van der Waals surface area contributed by atoms with Gasteiger partial charge in [0.15, 0.2) is 5.13 Å². The van der Waals surface area contributed by atoms with E-state index in [4.69, 9.17) is 21.1 Å². The standard InChI is InChI=1S/C23H28ClN5O3S/c1-15-16(2)33-23(25-15)26-22(30)14-29-9-11-32-21(13-29)20-12-18(28(3)27-20)8-10-31-19-6-4-17(24)5-7-19/h4-7,12,21H,8-11,13-14H2,1-3H3,(H,25,26,30)/t21-/m0/s1. The highest BCUT2D eigenvalue weighted by molar-refractivity contribution is 7.15. The molecule has 0 spiro atoms. The number of thiazole rings is 1. The molecule has 176 valence electrons. The van der Waals surface area contributed by atoms with E-state index in [0.29, 0.717) is 43.0 Å². The van der Waals surface area contributed by atoms with Crippen molar-refractivity contribution in [3.63, 3.8) is 0 Å². The molecule has 1 aliphatic rings. The molecule has 1 fully saturated rings. The Labute approximate surface area is 202 Å². The Bertz CT molecular complexity index is 1080. The van der Waals surface area contributed by atoms with E-state index in [1.54, 1.807) is 0 Å². The minimum atomic E-state index is -0.173. The fourth-order valence-corrected chi connectivity index (χ4v) is 4.60. The van der Waals surface area contributed by atoms with Crippen LogP contribution in [0.5, 0.6) is 5.75 Å². The first-order chi connectivity index (χ1) is 15.9. The Morgan fingerprint density at radius 2 is 2.12 bits per heavy atom. The number of carbonyl (C=O) groups excluding carboxylic acids is 1. The molecule has 33 heavy (non-hydrogen) atoms. The molecule has 0 unspecified atom stereocenters. The molecule has 3 aromatic rings. The van der Waals surface area contributed by atoms with Gasteiger partial charge in [0.2, 0.25) is 5.91 Å². The summed E-state index contributed by atoms with van der Waals surface area (Å²) in [4.78, 5) is 20.1. The number of halogens is 1. The van der Waals surface area contributed by atoms with Crippen LogP contribution >= 0.6 is 22.9 Å². The summed E-state index contributed by atoms with van der Waals surface area (Å²) >= 11 is 7.41. The van der Waals surface area contributed by atoms with Crippen LogP contribution in [0.25, 0.3) is 0 Å². The minimum Gasteiger partial charge on any atom is -0.493 e. The van der Waals surface area contributed by atoms with Crippen molar-refractivity contribution in [2.45, 2.75) is 26.4 Å². The Hall–Kier alpha value is -2.46. The van der Waals surface area contributed by atoms with Crippen molar-refractivity contribution in [2.75, 3.05) is 38.2 Å². The summed E-state index contributed by atoms with van der Waals surface area (Å²) in [5, 5.41) is 8.89. The van der Waals surface area contributed by atoms with E-state index in [2.05, 4.69) is 26.4 Å². The summed E-state index contributed by atoms with van der Waals surface area (Å²) in [6.07, 6.45) is 0.547. The first kappa shape index (κ1) is 23.7. The average molecular weight is 490 g/mol. The van der Waals surface area contributed by atoms with Crippen LogP contribution in [0, 0.1) is 13.8 Å². The maximum atomic E-state index is 12.5. The van der Waals surface area contributed by atoms with Crippen molar-refractivity contribution in [1.82, 2.24) is 19.7 Å². The number of nitrogens with one attached hydrogen (secondary N) is 1. The summed E-state index contributed by atoms with van der Waals surface area (Å²) in [5.74, 6) is 0.722. The maximum Gasteiger partial charge on any atom is 0.240 e. The lowest BCUT2D eigenvalue weighted by Crippen LogP contribution is -2.42. The number of hydrogen-bond donors (Lipinski definition) is 1. The van der Waals surface area contributed by atoms with E-state index in [-0.39, 0.29) is 12.0 Å². The number of morpholine rings is 1. The monoisotopic (exact) mass is 489 g/mol. The number of hydrogen-bond acceptors (Lipinski definition) is 7. The smallest absolute Gasteiger partial charge is 0.240 e. The van der Waals surface area contributed by atoms with Gasteiger partial charge in [0.1, 0.15) is 11.9 Å². The molecule has 10 heteroatoms. The normalized spacial score (nSPS) is 16.7. The van der Waals surface area contributed by atoms with Crippen LogP contribution < -0.4 is 10.1 Å². The second kappa shape index (κ2) is 10.6. The zero-order chi connectivity index (χ0) is 23.4. The predicted molar refractivity (Wildman–Crippen MR) is 129 cm³/mol. The minimum absolute atomic E-state index is 0.0644. The fraction of sp³-hybridized carbons (Fsp3) is 0.435. The summed E-state index contributed by atoms with van der Waals surface area (Å²) < 4.78 is 13.6. The molecule has 3 heterocycles. The highest BCUT2D eigenvalue weighted by Gasteiger charge is 2.26. The largest absolute Gasteiger partial charge is 0.493 e. The number of amides is 1. The number of nitrogens with zero attached hydrogens (tertiary/aromatic N) is 4. The van der Waals surface area contributed by atoms with Crippen LogP contribution in [0.1, 0.15) is 28.1 Å². The van der Waals surface area contributed by atoms with Crippen LogP contribution in [-0.4, -0.2) is 58.4 Å². The zero-order valence-electron chi connectivity index (χ0n) is 19.0. The highest BCUT2D eigenvalue weighted by Crippen LogP contribution is 2.24. The molecule has 4 rings (SSSR count). The van der Waals surface area contributed by atoms with Gasteiger partial charge in [0.05, 0.1) is 31.1 Å². The first-order valence-corrected chi connectivity index (χ1v) is 12.1. The number of rotatable bonds is 8. The maximum absolute atomic E-state index is 12.5. The Balaban J connectivity index is 1.29. The molecular weight excluding hydrogens is 462 g/mol. The Kier molecular flexibility index (Phi) is 7.64. The van der Waals surface area contributed by atoms with Gasteiger partial charge in [-0.3, -0.25) is 14.4 Å². The molecule has 0 aliphatic carbocycles. The molecule has 2 aromatic heterocycles. The van der Waals surface area contributed by atoms with Crippen molar-refractivity contribution in [3.8, 4) is 5.75 Å². The van der Waals surface area contributed by atoms with Crippen LogP contribution in [0.15, 0.2) is 30.3 Å². The molecule has 1 aromatic carbocycles. The Morgan fingerprint density at radius 1 is 1.33 bits per heavy atom. The van der Waals surface area contributed by atoms with Gasteiger partial charge in [-0.1, -0.05) is 11.6 Å². The molecule has 1 amide bonds. The number of aryl methyl sites for hydroxylation is 3. The predicted octanol–water partition coefficient (Wildman–Crippen LogP) is 3.78. The third kappa shape index (κ3) is 6.32. The Morgan fingerprint density at radius 3 is 2.85 bits per heavy atom. The van der Waals surface area contributed by atoms with E-state index >= 15 is 0 Å². The zero-order valence-corrected chi connectivity index (χ0v) is 20.6. The van der Waals surface area contributed by atoms with Gasteiger partial charge in [0.25, 0.3) is 0 Å². The van der Waals surface area contributed by atoms with Gasteiger partial charge in [-0.2, -0.15) is 5.10 Å². The van der Waals surface area contributed by atoms with Gasteiger partial charge >= 0.3 is 0 Å². The molecule has 1 atom stereocenters. The summed E-state index contributed by atoms with van der Waals surface area (Å²) in [7, 11) is 1.92. The van der Waals surface area contributed by atoms with Crippen LogP contribution in [-0.2, 0) is 23.0 Å². The van der Waals surface area contributed by atoms with E-state index in [1.165, 1.54) is 11.3 Å². The molecule has 1 saturated heterocycles. The lowest BCUT2D eigenvalue weighted by atomic mass is 10.2. The lowest BCUT2D eigenvalue weighted by molar-refractivity contribution is -0.119. The molecule has 1 aliphatic heterocycles. The molecule has 0 saturated carbocycles.